The third-order valence-electron chi connectivity index (χ3n) is 4.49. The second kappa shape index (κ2) is 6.11. The zero-order chi connectivity index (χ0) is 18.3. The van der Waals surface area contributed by atoms with Gasteiger partial charge in [-0.25, -0.2) is 0 Å². The molecule has 0 saturated carbocycles. The highest BCUT2D eigenvalue weighted by Gasteiger charge is 2.35. The number of hydrogen-bond donors (Lipinski definition) is 0. The monoisotopic (exact) mass is 364 g/mol. The minimum atomic E-state index is -4.47. The molecule has 136 valence electrons. The molecule has 1 fully saturated rings. The van der Waals surface area contributed by atoms with Gasteiger partial charge in [0, 0.05) is 25.5 Å². The van der Waals surface area contributed by atoms with E-state index < -0.39 is 11.9 Å². The number of fused-ring (bicyclic) bond motifs is 1. The molecular formula is C16H15F3N6O. The molecule has 3 aromatic heterocycles. The molecule has 3 aromatic rings. The number of amides is 1. The molecule has 1 atom stereocenters. The Morgan fingerprint density at radius 1 is 1.23 bits per heavy atom. The molecule has 10 heteroatoms. The molecule has 1 unspecified atom stereocenters. The summed E-state index contributed by atoms with van der Waals surface area (Å²) in [5.74, 6) is -0.207. The van der Waals surface area contributed by atoms with Gasteiger partial charge in [-0.15, -0.1) is 0 Å². The number of nitrogens with zero attached hydrogens (tertiary/aromatic N) is 6. The quantitative estimate of drug-likeness (QED) is 0.700. The van der Waals surface area contributed by atoms with E-state index in [2.05, 4.69) is 15.3 Å². The van der Waals surface area contributed by atoms with Crippen LogP contribution in [0.5, 0.6) is 0 Å². The summed E-state index contributed by atoms with van der Waals surface area (Å²) < 4.78 is 40.9. The van der Waals surface area contributed by atoms with Crippen molar-refractivity contribution >= 4 is 11.4 Å². The first kappa shape index (κ1) is 16.6. The molecule has 0 spiro atoms. The van der Waals surface area contributed by atoms with Gasteiger partial charge in [-0.05, 0) is 31.0 Å². The highest BCUT2D eigenvalue weighted by molar-refractivity contribution is 6.00. The third-order valence-corrected chi connectivity index (χ3v) is 4.49. The van der Waals surface area contributed by atoms with Gasteiger partial charge in [0.1, 0.15) is 5.52 Å². The van der Waals surface area contributed by atoms with Gasteiger partial charge in [0.15, 0.2) is 5.69 Å². The van der Waals surface area contributed by atoms with Crippen molar-refractivity contribution in [3.05, 3.63) is 48.0 Å². The molecule has 0 radical (unpaired) electrons. The van der Waals surface area contributed by atoms with Crippen molar-refractivity contribution in [1.29, 1.82) is 0 Å². The number of halogens is 3. The van der Waals surface area contributed by atoms with Gasteiger partial charge in [0.2, 0.25) is 0 Å². The molecular weight excluding hydrogens is 349 g/mol. The summed E-state index contributed by atoms with van der Waals surface area (Å²) >= 11 is 0. The van der Waals surface area contributed by atoms with Crippen LogP contribution in [0.4, 0.5) is 13.2 Å². The summed E-state index contributed by atoms with van der Waals surface area (Å²) in [5.41, 5.74) is 0.0999. The molecule has 1 aliphatic rings. The van der Waals surface area contributed by atoms with E-state index in [-0.39, 0.29) is 11.9 Å². The third kappa shape index (κ3) is 2.91. The smallest absolute Gasteiger partial charge is 0.336 e. The molecule has 1 aliphatic heterocycles. The normalized spacial score (nSPS) is 18.4. The standard InChI is InChI=1S/C16H15F3N6O/c17-16(18,19)14-5-8-24(22-14)11-3-2-7-23(10-11)15(26)12-9-21-25-13(12)4-1-6-20-25/h1,4-6,8-9,11H,2-3,7,10H2. The van der Waals surface area contributed by atoms with Crippen LogP contribution in [-0.2, 0) is 6.18 Å². The molecule has 0 aliphatic carbocycles. The summed E-state index contributed by atoms with van der Waals surface area (Å²) in [7, 11) is 0. The Hall–Kier alpha value is -2.91. The summed E-state index contributed by atoms with van der Waals surface area (Å²) in [4.78, 5) is 14.5. The lowest BCUT2D eigenvalue weighted by Crippen LogP contribution is -2.40. The molecule has 0 N–H and O–H groups in total. The average molecular weight is 364 g/mol. The predicted molar refractivity (Wildman–Crippen MR) is 84.4 cm³/mol. The summed E-state index contributed by atoms with van der Waals surface area (Å²) in [5, 5.41) is 11.7. The van der Waals surface area contributed by atoms with E-state index >= 15 is 0 Å². The number of rotatable bonds is 2. The van der Waals surface area contributed by atoms with E-state index in [1.807, 2.05) is 0 Å². The lowest BCUT2D eigenvalue weighted by Gasteiger charge is -2.32. The Bertz CT molecular complexity index is 947. The van der Waals surface area contributed by atoms with Gasteiger partial charge in [-0.1, -0.05) is 0 Å². The molecule has 0 bridgehead atoms. The fraction of sp³-hybridized carbons (Fsp3) is 0.375. The van der Waals surface area contributed by atoms with Crippen LogP contribution in [0.25, 0.3) is 5.52 Å². The van der Waals surface area contributed by atoms with E-state index in [0.717, 1.165) is 6.07 Å². The first-order valence-corrected chi connectivity index (χ1v) is 8.14. The topological polar surface area (TPSA) is 68.3 Å². The minimum Gasteiger partial charge on any atom is -0.336 e. The number of carbonyl (C=O) groups is 1. The molecule has 1 amide bonds. The minimum absolute atomic E-state index is 0.207. The number of alkyl halides is 3. The van der Waals surface area contributed by atoms with Crippen molar-refractivity contribution in [2.45, 2.75) is 25.1 Å². The number of carbonyl (C=O) groups excluding carboxylic acids is 1. The molecule has 1 saturated heterocycles. The maximum Gasteiger partial charge on any atom is 0.435 e. The van der Waals surface area contributed by atoms with Gasteiger partial charge in [-0.3, -0.25) is 9.48 Å². The van der Waals surface area contributed by atoms with Crippen LogP contribution >= 0.6 is 0 Å². The Morgan fingerprint density at radius 2 is 2.08 bits per heavy atom. The zero-order valence-corrected chi connectivity index (χ0v) is 13.6. The van der Waals surface area contributed by atoms with Gasteiger partial charge in [0.05, 0.1) is 17.8 Å². The molecule has 0 aromatic carbocycles. The van der Waals surface area contributed by atoms with Crippen LogP contribution in [0, 0.1) is 0 Å². The fourth-order valence-electron chi connectivity index (χ4n) is 3.22. The van der Waals surface area contributed by atoms with Crippen LogP contribution in [0.3, 0.4) is 0 Å². The lowest BCUT2D eigenvalue weighted by atomic mass is 10.0. The van der Waals surface area contributed by atoms with Crippen LogP contribution < -0.4 is 0 Å². The van der Waals surface area contributed by atoms with Crippen molar-refractivity contribution in [2.75, 3.05) is 13.1 Å². The van der Waals surface area contributed by atoms with Gasteiger partial charge >= 0.3 is 6.18 Å². The van der Waals surface area contributed by atoms with Crippen molar-refractivity contribution in [1.82, 2.24) is 29.5 Å². The predicted octanol–water partition coefficient (Wildman–Crippen LogP) is 2.42. The van der Waals surface area contributed by atoms with E-state index in [0.29, 0.717) is 37.0 Å². The van der Waals surface area contributed by atoms with E-state index in [1.54, 1.807) is 23.2 Å². The van der Waals surface area contributed by atoms with E-state index in [4.69, 9.17) is 0 Å². The number of aromatic nitrogens is 5. The molecule has 7 nitrogen and oxygen atoms in total. The van der Waals surface area contributed by atoms with Crippen LogP contribution in [0.15, 0.2) is 36.8 Å². The maximum absolute atomic E-state index is 12.9. The largest absolute Gasteiger partial charge is 0.435 e. The Balaban J connectivity index is 1.55. The second-order valence-electron chi connectivity index (χ2n) is 6.18. The SMILES string of the molecule is O=C(c1cnn2ncccc12)N1CCCC(n2ccc(C(F)(F)F)n2)C1. The first-order chi connectivity index (χ1) is 12.4. The fourth-order valence-corrected chi connectivity index (χ4v) is 3.22. The van der Waals surface area contributed by atoms with Crippen molar-refractivity contribution < 1.29 is 18.0 Å². The van der Waals surface area contributed by atoms with Gasteiger partial charge in [0.25, 0.3) is 5.91 Å². The number of piperidine rings is 1. The van der Waals surface area contributed by atoms with Gasteiger partial charge < -0.3 is 4.90 Å². The van der Waals surface area contributed by atoms with Crippen LogP contribution in [0.1, 0.15) is 34.9 Å². The summed E-state index contributed by atoms with van der Waals surface area (Å²) in [6.07, 6.45) is 1.24. The van der Waals surface area contributed by atoms with Crippen molar-refractivity contribution in [2.24, 2.45) is 0 Å². The lowest BCUT2D eigenvalue weighted by molar-refractivity contribution is -0.141. The van der Waals surface area contributed by atoms with E-state index in [1.165, 1.54) is 21.7 Å². The van der Waals surface area contributed by atoms with Crippen molar-refractivity contribution in [3.63, 3.8) is 0 Å². The second-order valence-corrected chi connectivity index (χ2v) is 6.18. The van der Waals surface area contributed by atoms with Crippen molar-refractivity contribution in [3.8, 4) is 0 Å². The zero-order valence-electron chi connectivity index (χ0n) is 13.6. The first-order valence-electron chi connectivity index (χ1n) is 8.14. The molecule has 4 heterocycles. The van der Waals surface area contributed by atoms with Crippen LogP contribution in [0.2, 0.25) is 0 Å². The maximum atomic E-state index is 12.9. The summed E-state index contributed by atoms with van der Waals surface area (Å²) in [6, 6.07) is 4.13. The summed E-state index contributed by atoms with van der Waals surface area (Å²) in [6.45, 7) is 0.843. The molecule has 4 rings (SSSR count). The van der Waals surface area contributed by atoms with E-state index in [9.17, 15) is 18.0 Å². The highest BCUT2D eigenvalue weighted by Crippen LogP contribution is 2.29. The Morgan fingerprint density at radius 3 is 2.85 bits per heavy atom. The average Bonchev–Trinajstić information content (AvgIpc) is 3.28. The van der Waals surface area contributed by atoms with Gasteiger partial charge in [-0.2, -0.15) is 33.1 Å². The number of likely N-dealkylation sites (tertiary alicyclic amines) is 1. The number of hydrogen-bond acceptors (Lipinski definition) is 4. The Kier molecular flexibility index (Phi) is 3.89. The highest BCUT2D eigenvalue weighted by atomic mass is 19.4. The van der Waals surface area contributed by atoms with Crippen LogP contribution in [-0.4, -0.2) is 48.5 Å². The molecule has 26 heavy (non-hydrogen) atoms. The Labute approximate surface area is 146 Å².